The molecule has 23 heavy (non-hydrogen) atoms. The van der Waals surface area contributed by atoms with Crippen LogP contribution in [0.2, 0.25) is 0 Å². The number of imidazole rings is 1. The molecule has 2 aromatic heterocycles. The summed E-state index contributed by atoms with van der Waals surface area (Å²) in [6.07, 6.45) is 0. The summed E-state index contributed by atoms with van der Waals surface area (Å²) in [5, 5.41) is 4.47. The average Bonchev–Trinajstić information content (AvgIpc) is 3.08. The molecule has 0 saturated carbocycles. The predicted molar refractivity (Wildman–Crippen MR) is 92.9 cm³/mol. The fraction of sp³-hybridized carbons (Fsp3) is 0.250. The van der Waals surface area contributed by atoms with E-state index >= 15 is 0 Å². The first-order valence-corrected chi connectivity index (χ1v) is 7.34. The first-order valence-electron chi connectivity index (χ1n) is 7.34. The molecule has 0 aliphatic heterocycles. The highest BCUT2D eigenvalue weighted by molar-refractivity contribution is 5.83. The van der Waals surface area contributed by atoms with Gasteiger partial charge < -0.3 is 22.2 Å². The topological polar surface area (TPSA) is 125 Å². The lowest BCUT2D eigenvalue weighted by atomic mass is 9.92. The maximum atomic E-state index is 6.17. The van der Waals surface area contributed by atoms with E-state index in [1.54, 1.807) is 6.07 Å². The van der Waals surface area contributed by atoms with E-state index < -0.39 is 0 Å². The molecule has 3 rings (SSSR count). The van der Waals surface area contributed by atoms with Crippen LogP contribution in [-0.4, -0.2) is 19.7 Å². The number of nitrogens with two attached hydrogens (primary N) is 3. The van der Waals surface area contributed by atoms with Crippen LogP contribution in [0.25, 0.3) is 22.6 Å². The van der Waals surface area contributed by atoms with E-state index in [1.165, 1.54) is 4.68 Å². The van der Waals surface area contributed by atoms with E-state index in [4.69, 9.17) is 17.2 Å². The quantitative estimate of drug-likeness (QED) is 0.574. The molecular formula is C16H21N7. The Labute approximate surface area is 134 Å². The molecule has 3 aromatic rings. The van der Waals surface area contributed by atoms with Crippen molar-refractivity contribution in [3.63, 3.8) is 0 Å². The summed E-state index contributed by atoms with van der Waals surface area (Å²) in [7, 11) is 0. The third-order valence-electron chi connectivity index (χ3n) is 3.65. The summed E-state index contributed by atoms with van der Waals surface area (Å²) in [5.41, 5.74) is 21.1. The molecule has 7 N–H and O–H groups in total. The van der Waals surface area contributed by atoms with E-state index in [-0.39, 0.29) is 11.2 Å². The maximum Gasteiger partial charge on any atom is 0.158 e. The van der Waals surface area contributed by atoms with Crippen molar-refractivity contribution in [3.05, 3.63) is 41.9 Å². The number of nitrogens with one attached hydrogen (secondary N) is 1. The van der Waals surface area contributed by atoms with E-state index in [9.17, 15) is 0 Å². The highest BCUT2D eigenvalue weighted by Crippen LogP contribution is 2.25. The smallest absolute Gasteiger partial charge is 0.158 e. The number of aromatic amines is 1. The van der Waals surface area contributed by atoms with Crippen molar-refractivity contribution >= 4 is 28.4 Å². The van der Waals surface area contributed by atoms with Crippen molar-refractivity contribution in [2.75, 3.05) is 5.73 Å². The molecule has 0 amide bonds. The van der Waals surface area contributed by atoms with Crippen LogP contribution in [0.15, 0.2) is 30.3 Å². The van der Waals surface area contributed by atoms with Gasteiger partial charge in [0.15, 0.2) is 11.6 Å². The fourth-order valence-corrected chi connectivity index (χ4v) is 2.27. The van der Waals surface area contributed by atoms with Gasteiger partial charge in [-0.25, -0.2) is 4.98 Å². The SMILES string of the molecule is CC(C)(C)c1cc(N)n(/C(N)=C(\N)c2nc3ccccc3[nH]2)n1. The minimum absolute atomic E-state index is 0.131. The average molecular weight is 311 g/mol. The number of benzene rings is 1. The zero-order valence-corrected chi connectivity index (χ0v) is 13.5. The van der Waals surface area contributed by atoms with Gasteiger partial charge in [-0.05, 0) is 12.1 Å². The molecular weight excluding hydrogens is 290 g/mol. The number of H-pyrrole nitrogens is 1. The lowest BCUT2D eigenvalue weighted by Gasteiger charge is -2.14. The van der Waals surface area contributed by atoms with Gasteiger partial charge in [-0.3, -0.25) is 0 Å². The molecule has 0 spiro atoms. The Hall–Kier alpha value is -2.96. The number of aromatic nitrogens is 4. The standard InChI is InChI=1S/C16H21N7/c1-16(2,3)11-8-12(17)23(22-11)14(19)13(18)15-20-9-6-4-5-7-10(9)21-15/h4-8H,17-19H2,1-3H3,(H,20,21)/b14-13-. The molecule has 0 fully saturated rings. The first kappa shape index (κ1) is 15.0. The summed E-state index contributed by atoms with van der Waals surface area (Å²) in [6.45, 7) is 6.17. The molecule has 120 valence electrons. The Morgan fingerprint density at radius 2 is 1.87 bits per heavy atom. The van der Waals surface area contributed by atoms with Crippen LogP contribution in [0.3, 0.4) is 0 Å². The van der Waals surface area contributed by atoms with E-state index in [2.05, 4.69) is 35.8 Å². The summed E-state index contributed by atoms with van der Waals surface area (Å²) in [5.74, 6) is 1.18. The number of fused-ring (bicyclic) bond motifs is 1. The third-order valence-corrected chi connectivity index (χ3v) is 3.65. The Bertz CT molecular complexity index is 860. The Kier molecular flexibility index (Phi) is 3.28. The molecule has 1 aromatic carbocycles. The molecule has 2 heterocycles. The first-order chi connectivity index (χ1) is 10.8. The van der Waals surface area contributed by atoms with Crippen LogP contribution in [0, 0.1) is 0 Å². The van der Waals surface area contributed by atoms with Gasteiger partial charge in [-0.1, -0.05) is 32.9 Å². The summed E-state index contributed by atoms with van der Waals surface area (Å²) in [6, 6.07) is 9.47. The normalized spacial score (nSPS) is 13.3. The molecule has 0 aliphatic carbocycles. The van der Waals surface area contributed by atoms with Crippen molar-refractivity contribution in [2.45, 2.75) is 26.2 Å². The highest BCUT2D eigenvalue weighted by atomic mass is 15.4. The van der Waals surface area contributed by atoms with E-state index in [0.29, 0.717) is 17.3 Å². The summed E-state index contributed by atoms with van der Waals surface area (Å²) >= 11 is 0. The zero-order valence-electron chi connectivity index (χ0n) is 13.5. The molecule has 7 heteroatoms. The third kappa shape index (κ3) is 2.61. The molecule has 7 nitrogen and oxygen atoms in total. The highest BCUT2D eigenvalue weighted by Gasteiger charge is 2.21. The van der Waals surface area contributed by atoms with Crippen LogP contribution >= 0.6 is 0 Å². The molecule has 0 unspecified atom stereocenters. The van der Waals surface area contributed by atoms with Crippen molar-refractivity contribution < 1.29 is 0 Å². The van der Waals surface area contributed by atoms with Crippen LogP contribution in [0.4, 0.5) is 5.82 Å². The largest absolute Gasteiger partial charge is 0.393 e. The van der Waals surface area contributed by atoms with Gasteiger partial charge in [0.05, 0.1) is 16.7 Å². The molecule has 0 saturated heterocycles. The zero-order chi connectivity index (χ0) is 16.8. The molecule has 0 bridgehead atoms. The number of rotatable bonds is 2. The Morgan fingerprint density at radius 3 is 2.48 bits per heavy atom. The molecule has 0 radical (unpaired) electrons. The van der Waals surface area contributed by atoms with Crippen LogP contribution < -0.4 is 17.2 Å². The molecule has 0 aliphatic rings. The number of para-hydroxylation sites is 2. The van der Waals surface area contributed by atoms with Crippen molar-refractivity contribution in [3.8, 4) is 0 Å². The van der Waals surface area contributed by atoms with E-state index in [0.717, 1.165) is 16.7 Å². The number of nitrogen functional groups attached to an aromatic ring is 1. The van der Waals surface area contributed by atoms with Gasteiger partial charge >= 0.3 is 0 Å². The van der Waals surface area contributed by atoms with Crippen LogP contribution in [0.5, 0.6) is 0 Å². The monoisotopic (exact) mass is 311 g/mol. The maximum absolute atomic E-state index is 6.17. The van der Waals surface area contributed by atoms with Crippen LogP contribution in [0.1, 0.15) is 32.3 Å². The number of anilines is 1. The second-order valence-corrected chi connectivity index (χ2v) is 6.52. The van der Waals surface area contributed by atoms with Gasteiger partial charge in [-0.15, -0.1) is 0 Å². The van der Waals surface area contributed by atoms with Gasteiger partial charge in [-0.2, -0.15) is 9.78 Å². The lowest BCUT2D eigenvalue weighted by molar-refractivity contribution is 0.561. The van der Waals surface area contributed by atoms with Crippen molar-refractivity contribution in [1.82, 2.24) is 19.7 Å². The summed E-state index contributed by atoms with van der Waals surface area (Å²) < 4.78 is 1.45. The predicted octanol–water partition coefficient (Wildman–Crippen LogP) is 1.84. The Morgan fingerprint density at radius 1 is 1.17 bits per heavy atom. The van der Waals surface area contributed by atoms with Crippen LogP contribution in [-0.2, 0) is 5.41 Å². The van der Waals surface area contributed by atoms with E-state index in [1.807, 2.05) is 24.3 Å². The second-order valence-electron chi connectivity index (χ2n) is 6.52. The lowest BCUT2D eigenvalue weighted by Crippen LogP contribution is -2.18. The van der Waals surface area contributed by atoms with Crippen molar-refractivity contribution in [2.24, 2.45) is 11.5 Å². The van der Waals surface area contributed by atoms with Gasteiger partial charge in [0.2, 0.25) is 0 Å². The van der Waals surface area contributed by atoms with Gasteiger partial charge in [0, 0.05) is 11.5 Å². The number of nitrogens with zero attached hydrogens (tertiary/aromatic N) is 3. The molecule has 0 atom stereocenters. The van der Waals surface area contributed by atoms with Gasteiger partial charge in [0.25, 0.3) is 0 Å². The fourth-order valence-electron chi connectivity index (χ4n) is 2.27. The second kappa shape index (κ2) is 5.05. The van der Waals surface area contributed by atoms with Crippen molar-refractivity contribution in [1.29, 1.82) is 0 Å². The summed E-state index contributed by atoms with van der Waals surface area (Å²) in [4.78, 5) is 7.59. The number of hydrogen-bond acceptors (Lipinski definition) is 5. The van der Waals surface area contributed by atoms with Gasteiger partial charge in [0.1, 0.15) is 11.5 Å². The minimum Gasteiger partial charge on any atom is -0.393 e. The minimum atomic E-state index is -0.131. The number of hydrogen-bond donors (Lipinski definition) is 4. The Balaban J connectivity index is 2.08.